The minimum atomic E-state index is -3.43. The molecule has 6 nitrogen and oxygen atoms in total. The average molecular weight is 341 g/mol. The smallest absolute Gasteiger partial charge is 0.232 e. The second-order valence-corrected chi connectivity index (χ2v) is 7.79. The molecule has 0 aliphatic heterocycles. The molecule has 23 heavy (non-hydrogen) atoms. The third kappa shape index (κ3) is 7.00. The first-order valence-corrected chi connectivity index (χ1v) is 9.51. The summed E-state index contributed by atoms with van der Waals surface area (Å²) in [5, 5.41) is 2.82. The van der Waals surface area contributed by atoms with E-state index in [1.165, 1.54) is 4.31 Å². The Morgan fingerprint density at radius 3 is 2.39 bits per heavy atom. The summed E-state index contributed by atoms with van der Waals surface area (Å²) in [4.78, 5) is 13.9. The largest absolute Gasteiger partial charge is 0.356 e. The van der Waals surface area contributed by atoms with E-state index in [1.54, 1.807) is 12.1 Å². The van der Waals surface area contributed by atoms with Crippen LogP contribution in [0.2, 0.25) is 0 Å². The standard InChI is InChI=1S/C16H27N3O3S/c1-14-8-5-6-9-15(14)19(23(4,21)22)13-10-16(20)17-11-7-12-18(2)3/h5-6,8-9H,7,10-13H2,1-4H3,(H,17,20). The maximum Gasteiger partial charge on any atom is 0.232 e. The third-order valence-electron chi connectivity index (χ3n) is 3.43. The van der Waals surface area contributed by atoms with Crippen LogP contribution in [0.3, 0.4) is 0 Å². The van der Waals surface area contributed by atoms with Crippen LogP contribution in [0, 0.1) is 6.92 Å². The van der Waals surface area contributed by atoms with Crippen LogP contribution < -0.4 is 9.62 Å². The van der Waals surface area contributed by atoms with Gasteiger partial charge in [-0.3, -0.25) is 9.10 Å². The molecule has 0 fully saturated rings. The van der Waals surface area contributed by atoms with Crippen molar-refractivity contribution in [1.82, 2.24) is 10.2 Å². The molecule has 0 saturated heterocycles. The van der Waals surface area contributed by atoms with E-state index in [0.717, 1.165) is 24.8 Å². The van der Waals surface area contributed by atoms with Crippen molar-refractivity contribution in [2.75, 3.05) is 44.3 Å². The molecule has 1 rings (SSSR count). The number of carbonyl (C=O) groups excluding carboxylic acids is 1. The molecule has 0 bridgehead atoms. The Labute approximate surface area is 139 Å². The SMILES string of the molecule is Cc1ccccc1N(CCC(=O)NCCCN(C)C)S(C)(=O)=O. The van der Waals surface area contributed by atoms with E-state index in [4.69, 9.17) is 0 Å². The third-order valence-corrected chi connectivity index (χ3v) is 4.61. The van der Waals surface area contributed by atoms with E-state index >= 15 is 0 Å². The van der Waals surface area contributed by atoms with Gasteiger partial charge in [-0.15, -0.1) is 0 Å². The van der Waals surface area contributed by atoms with E-state index in [0.29, 0.717) is 12.2 Å². The number of hydrogen-bond donors (Lipinski definition) is 1. The van der Waals surface area contributed by atoms with Crippen LogP contribution in [0.5, 0.6) is 0 Å². The summed E-state index contributed by atoms with van der Waals surface area (Å²) in [5.41, 5.74) is 1.49. The molecule has 1 aromatic carbocycles. The first kappa shape index (κ1) is 19.4. The van der Waals surface area contributed by atoms with Gasteiger partial charge >= 0.3 is 0 Å². The van der Waals surface area contributed by atoms with Gasteiger partial charge in [0.2, 0.25) is 15.9 Å². The van der Waals surface area contributed by atoms with E-state index in [2.05, 4.69) is 10.2 Å². The summed E-state index contributed by atoms with van der Waals surface area (Å²) < 4.78 is 25.3. The molecule has 1 N–H and O–H groups in total. The Hall–Kier alpha value is -1.60. The molecule has 0 spiro atoms. The molecule has 7 heteroatoms. The summed E-state index contributed by atoms with van der Waals surface area (Å²) in [6.07, 6.45) is 2.17. The fourth-order valence-electron chi connectivity index (χ4n) is 2.22. The number of carbonyl (C=O) groups is 1. The van der Waals surface area contributed by atoms with Gasteiger partial charge in [0.05, 0.1) is 11.9 Å². The lowest BCUT2D eigenvalue weighted by Crippen LogP contribution is -2.35. The Kier molecular flexibility index (Phi) is 7.51. The zero-order valence-corrected chi connectivity index (χ0v) is 15.2. The van der Waals surface area contributed by atoms with Crippen molar-refractivity contribution in [3.8, 4) is 0 Å². The van der Waals surface area contributed by atoms with E-state index in [9.17, 15) is 13.2 Å². The molecule has 1 aromatic rings. The summed E-state index contributed by atoms with van der Waals surface area (Å²) in [7, 11) is 0.534. The Bertz CT molecular complexity index is 615. The number of benzene rings is 1. The van der Waals surface area contributed by atoms with E-state index < -0.39 is 10.0 Å². The summed E-state index contributed by atoms with van der Waals surface area (Å²) in [6, 6.07) is 7.26. The molecule has 130 valence electrons. The second kappa shape index (κ2) is 8.88. The predicted molar refractivity (Wildman–Crippen MR) is 94.2 cm³/mol. The van der Waals surface area contributed by atoms with Gasteiger partial charge in [0.25, 0.3) is 0 Å². The van der Waals surface area contributed by atoms with E-state index in [-0.39, 0.29) is 18.9 Å². The normalized spacial score (nSPS) is 11.5. The molecule has 1 amide bonds. The van der Waals surface area contributed by atoms with Crippen molar-refractivity contribution in [3.05, 3.63) is 29.8 Å². The quantitative estimate of drug-likeness (QED) is 0.686. The Morgan fingerprint density at radius 2 is 1.83 bits per heavy atom. The van der Waals surface area contributed by atoms with Crippen LogP contribution >= 0.6 is 0 Å². The highest BCUT2D eigenvalue weighted by Crippen LogP contribution is 2.22. The number of hydrogen-bond acceptors (Lipinski definition) is 4. The zero-order chi connectivity index (χ0) is 17.5. The number of nitrogens with one attached hydrogen (secondary N) is 1. The van der Waals surface area contributed by atoms with Crippen molar-refractivity contribution >= 4 is 21.6 Å². The number of para-hydroxylation sites is 1. The summed E-state index contributed by atoms with van der Waals surface area (Å²) >= 11 is 0. The highest BCUT2D eigenvalue weighted by molar-refractivity contribution is 7.92. The highest BCUT2D eigenvalue weighted by Gasteiger charge is 2.19. The number of nitrogens with zero attached hydrogens (tertiary/aromatic N) is 2. The first-order chi connectivity index (χ1) is 10.7. The molecule has 0 saturated carbocycles. The van der Waals surface area contributed by atoms with Crippen molar-refractivity contribution in [2.24, 2.45) is 0 Å². The molecule has 0 radical (unpaired) electrons. The average Bonchev–Trinajstić information content (AvgIpc) is 2.44. The predicted octanol–water partition coefficient (Wildman–Crippen LogP) is 1.22. The van der Waals surface area contributed by atoms with Gasteiger partial charge in [0.15, 0.2) is 0 Å². The van der Waals surface area contributed by atoms with Gasteiger partial charge in [-0.05, 0) is 45.6 Å². The molecule has 0 unspecified atom stereocenters. The van der Waals surface area contributed by atoms with E-state index in [1.807, 2.05) is 33.2 Å². The van der Waals surface area contributed by atoms with Crippen LogP contribution in [0.15, 0.2) is 24.3 Å². The zero-order valence-electron chi connectivity index (χ0n) is 14.4. The van der Waals surface area contributed by atoms with Gasteiger partial charge in [-0.2, -0.15) is 0 Å². The topological polar surface area (TPSA) is 69.7 Å². The fraction of sp³-hybridized carbons (Fsp3) is 0.562. The molecular formula is C16H27N3O3S. The van der Waals surface area contributed by atoms with Crippen molar-refractivity contribution in [3.63, 3.8) is 0 Å². The van der Waals surface area contributed by atoms with Crippen LogP contribution in [0.25, 0.3) is 0 Å². The monoisotopic (exact) mass is 341 g/mol. The van der Waals surface area contributed by atoms with Crippen LogP contribution in [-0.4, -0.2) is 59.2 Å². The minimum Gasteiger partial charge on any atom is -0.356 e. The highest BCUT2D eigenvalue weighted by atomic mass is 32.2. The maximum atomic E-state index is 12.0. The Morgan fingerprint density at radius 1 is 1.17 bits per heavy atom. The number of rotatable bonds is 9. The van der Waals surface area contributed by atoms with Gasteiger partial charge in [0, 0.05) is 19.5 Å². The number of anilines is 1. The molecule has 0 atom stereocenters. The molecule has 0 aromatic heterocycles. The lowest BCUT2D eigenvalue weighted by atomic mass is 10.2. The summed E-state index contributed by atoms with van der Waals surface area (Å²) in [6.45, 7) is 3.50. The van der Waals surface area contributed by atoms with Crippen molar-refractivity contribution in [2.45, 2.75) is 19.8 Å². The van der Waals surface area contributed by atoms with Crippen molar-refractivity contribution in [1.29, 1.82) is 0 Å². The van der Waals surface area contributed by atoms with Gasteiger partial charge in [-0.1, -0.05) is 18.2 Å². The number of sulfonamides is 1. The molecule has 0 heterocycles. The molecule has 0 aliphatic carbocycles. The molecule has 0 aliphatic rings. The fourth-order valence-corrected chi connectivity index (χ4v) is 3.21. The lowest BCUT2D eigenvalue weighted by Gasteiger charge is -2.23. The van der Waals surface area contributed by atoms with Gasteiger partial charge < -0.3 is 10.2 Å². The van der Waals surface area contributed by atoms with Gasteiger partial charge in [-0.25, -0.2) is 8.42 Å². The Balaban J connectivity index is 2.60. The van der Waals surface area contributed by atoms with Gasteiger partial charge in [0.1, 0.15) is 0 Å². The molecular weight excluding hydrogens is 314 g/mol. The lowest BCUT2D eigenvalue weighted by molar-refractivity contribution is -0.120. The summed E-state index contributed by atoms with van der Waals surface area (Å²) in [5.74, 6) is -0.133. The van der Waals surface area contributed by atoms with Crippen molar-refractivity contribution < 1.29 is 13.2 Å². The maximum absolute atomic E-state index is 12.0. The minimum absolute atomic E-state index is 0.133. The second-order valence-electron chi connectivity index (χ2n) is 5.88. The number of aryl methyl sites for hydroxylation is 1. The number of amides is 1. The van der Waals surface area contributed by atoms with Crippen LogP contribution in [0.1, 0.15) is 18.4 Å². The first-order valence-electron chi connectivity index (χ1n) is 7.66. The van der Waals surface area contributed by atoms with Crippen LogP contribution in [0.4, 0.5) is 5.69 Å². The van der Waals surface area contributed by atoms with Crippen LogP contribution in [-0.2, 0) is 14.8 Å².